The lowest BCUT2D eigenvalue weighted by molar-refractivity contribution is 0.0950. The summed E-state index contributed by atoms with van der Waals surface area (Å²) in [5.74, 6) is -0.122. The van der Waals surface area contributed by atoms with Gasteiger partial charge in [0.15, 0.2) is 0 Å². The molecule has 6 nitrogen and oxygen atoms in total. The predicted molar refractivity (Wildman–Crippen MR) is 110 cm³/mol. The van der Waals surface area contributed by atoms with Crippen molar-refractivity contribution >= 4 is 22.9 Å². The van der Waals surface area contributed by atoms with Gasteiger partial charge >= 0.3 is 0 Å². The highest BCUT2D eigenvalue weighted by Crippen LogP contribution is 2.26. The van der Waals surface area contributed by atoms with E-state index in [4.69, 9.17) is 4.74 Å². The lowest BCUT2D eigenvalue weighted by Crippen LogP contribution is -2.18. The van der Waals surface area contributed by atoms with Gasteiger partial charge in [0.05, 0.1) is 19.0 Å². The molecule has 0 saturated carbocycles. The predicted octanol–water partition coefficient (Wildman–Crippen LogP) is 4.14. The molecule has 3 aromatic carbocycles. The van der Waals surface area contributed by atoms with Crippen molar-refractivity contribution in [1.82, 2.24) is 15.6 Å². The van der Waals surface area contributed by atoms with E-state index >= 15 is 0 Å². The molecule has 1 amide bonds. The number of hydrogen-bond acceptors (Lipinski definition) is 4. The molecule has 0 radical (unpaired) electrons. The van der Waals surface area contributed by atoms with E-state index in [9.17, 15) is 9.18 Å². The van der Waals surface area contributed by atoms with Crippen LogP contribution >= 0.6 is 0 Å². The fourth-order valence-corrected chi connectivity index (χ4v) is 3.01. The standard InChI is InChI=1S/C22H17FN4O2/c1-29-21-11-8-14-4-2-3-5-17(14)18(21)13-24-27-22(28)20-12-19(25-26-20)15-6-9-16(23)10-7-15/h2-13H,1H3,(H,25,26)(H,27,28). The summed E-state index contributed by atoms with van der Waals surface area (Å²) in [5.41, 5.74) is 4.73. The molecular weight excluding hydrogens is 371 g/mol. The molecule has 29 heavy (non-hydrogen) atoms. The number of amides is 1. The molecule has 0 aliphatic carbocycles. The maximum Gasteiger partial charge on any atom is 0.289 e. The number of nitrogens with one attached hydrogen (secondary N) is 2. The van der Waals surface area contributed by atoms with E-state index in [-0.39, 0.29) is 11.5 Å². The van der Waals surface area contributed by atoms with Crippen LogP contribution in [0.25, 0.3) is 22.0 Å². The number of nitrogens with zero attached hydrogens (tertiary/aromatic N) is 2. The summed E-state index contributed by atoms with van der Waals surface area (Å²) in [6.07, 6.45) is 1.55. The zero-order valence-corrected chi connectivity index (χ0v) is 15.5. The van der Waals surface area contributed by atoms with E-state index in [0.717, 1.165) is 16.3 Å². The molecule has 0 aliphatic heterocycles. The zero-order valence-electron chi connectivity index (χ0n) is 15.5. The van der Waals surface area contributed by atoms with Gasteiger partial charge in [-0.25, -0.2) is 9.82 Å². The molecular formula is C22H17FN4O2. The normalized spacial score (nSPS) is 11.1. The molecule has 2 N–H and O–H groups in total. The molecule has 0 fully saturated rings. The van der Waals surface area contributed by atoms with Crippen LogP contribution in [0.2, 0.25) is 0 Å². The highest BCUT2D eigenvalue weighted by Gasteiger charge is 2.11. The summed E-state index contributed by atoms with van der Waals surface area (Å²) >= 11 is 0. The van der Waals surface area contributed by atoms with Crippen LogP contribution in [0.1, 0.15) is 16.1 Å². The quantitative estimate of drug-likeness (QED) is 0.398. The number of methoxy groups -OCH3 is 1. The highest BCUT2D eigenvalue weighted by molar-refractivity contribution is 6.03. The molecule has 4 rings (SSSR count). The van der Waals surface area contributed by atoms with Gasteiger partial charge in [-0.15, -0.1) is 0 Å². The van der Waals surface area contributed by atoms with Gasteiger partial charge in [-0.2, -0.15) is 10.2 Å². The summed E-state index contributed by atoms with van der Waals surface area (Å²) in [5, 5.41) is 12.8. The van der Waals surface area contributed by atoms with Crippen LogP contribution in [0.3, 0.4) is 0 Å². The number of carbonyl (C=O) groups is 1. The lowest BCUT2D eigenvalue weighted by Gasteiger charge is -2.08. The first-order valence-corrected chi connectivity index (χ1v) is 8.86. The van der Waals surface area contributed by atoms with Crippen molar-refractivity contribution in [3.8, 4) is 17.0 Å². The number of aromatic nitrogens is 2. The molecule has 1 heterocycles. The second-order valence-corrected chi connectivity index (χ2v) is 6.28. The number of halogens is 1. The summed E-state index contributed by atoms with van der Waals surface area (Å²) in [7, 11) is 1.58. The topological polar surface area (TPSA) is 79.4 Å². The summed E-state index contributed by atoms with van der Waals surface area (Å²) in [6, 6.07) is 19.1. The molecule has 0 saturated heterocycles. The van der Waals surface area contributed by atoms with Crippen LogP contribution in [0.15, 0.2) is 71.8 Å². The SMILES string of the molecule is COc1ccc2ccccc2c1C=NNC(=O)c1cc(-c2ccc(F)cc2)n[nH]1. The van der Waals surface area contributed by atoms with Crippen molar-refractivity contribution in [2.24, 2.45) is 5.10 Å². The average Bonchev–Trinajstić information content (AvgIpc) is 3.24. The minimum Gasteiger partial charge on any atom is -0.496 e. The Morgan fingerprint density at radius 2 is 1.93 bits per heavy atom. The summed E-state index contributed by atoms with van der Waals surface area (Å²) in [6.45, 7) is 0. The Morgan fingerprint density at radius 1 is 1.14 bits per heavy atom. The van der Waals surface area contributed by atoms with Gasteiger partial charge in [-0.3, -0.25) is 9.89 Å². The first-order chi connectivity index (χ1) is 14.2. The van der Waals surface area contributed by atoms with Crippen molar-refractivity contribution in [2.75, 3.05) is 7.11 Å². The van der Waals surface area contributed by atoms with Gasteiger partial charge in [0.25, 0.3) is 5.91 Å². The summed E-state index contributed by atoms with van der Waals surface area (Å²) in [4.78, 5) is 12.4. The van der Waals surface area contributed by atoms with Gasteiger partial charge < -0.3 is 4.74 Å². The third-order valence-corrected chi connectivity index (χ3v) is 4.47. The van der Waals surface area contributed by atoms with E-state index in [1.165, 1.54) is 12.1 Å². The van der Waals surface area contributed by atoms with Crippen molar-refractivity contribution < 1.29 is 13.9 Å². The van der Waals surface area contributed by atoms with Gasteiger partial charge in [0.2, 0.25) is 0 Å². The third-order valence-electron chi connectivity index (χ3n) is 4.47. The Labute approximate surface area is 166 Å². The minimum absolute atomic E-state index is 0.242. The van der Waals surface area contributed by atoms with E-state index in [1.54, 1.807) is 31.5 Å². The van der Waals surface area contributed by atoms with Crippen LogP contribution in [-0.4, -0.2) is 29.4 Å². The Balaban J connectivity index is 1.53. The molecule has 144 valence electrons. The molecule has 0 bridgehead atoms. The van der Waals surface area contributed by atoms with Crippen LogP contribution in [0, 0.1) is 5.82 Å². The van der Waals surface area contributed by atoms with Gasteiger partial charge in [0.1, 0.15) is 17.3 Å². The van der Waals surface area contributed by atoms with Crippen LogP contribution < -0.4 is 10.2 Å². The van der Waals surface area contributed by atoms with Crippen LogP contribution in [0.5, 0.6) is 5.75 Å². The third kappa shape index (κ3) is 3.84. The van der Waals surface area contributed by atoms with Crippen molar-refractivity contribution in [3.63, 3.8) is 0 Å². The molecule has 0 atom stereocenters. The van der Waals surface area contributed by atoms with Crippen molar-refractivity contribution in [3.05, 3.63) is 83.8 Å². The number of carbonyl (C=O) groups excluding carboxylic acids is 1. The Morgan fingerprint density at radius 3 is 2.72 bits per heavy atom. The van der Waals surface area contributed by atoms with E-state index in [2.05, 4.69) is 20.7 Å². The Bertz CT molecular complexity index is 1200. The van der Waals surface area contributed by atoms with Gasteiger partial charge in [0, 0.05) is 11.1 Å². The monoisotopic (exact) mass is 388 g/mol. The Kier molecular flexibility index (Phi) is 5.03. The molecule has 1 aromatic heterocycles. The van der Waals surface area contributed by atoms with E-state index < -0.39 is 5.91 Å². The molecule has 0 aliphatic rings. The number of aromatic amines is 1. The molecule has 7 heteroatoms. The summed E-state index contributed by atoms with van der Waals surface area (Å²) < 4.78 is 18.5. The maximum absolute atomic E-state index is 13.0. The minimum atomic E-state index is -0.443. The van der Waals surface area contributed by atoms with Crippen molar-refractivity contribution in [2.45, 2.75) is 0 Å². The number of H-pyrrole nitrogens is 1. The van der Waals surface area contributed by atoms with E-state index in [0.29, 0.717) is 17.0 Å². The number of hydrazone groups is 1. The second-order valence-electron chi connectivity index (χ2n) is 6.28. The zero-order chi connectivity index (χ0) is 20.2. The number of fused-ring (bicyclic) bond motifs is 1. The molecule has 0 unspecified atom stereocenters. The Hall–Kier alpha value is -4.00. The fraction of sp³-hybridized carbons (Fsp3) is 0.0455. The number of rotatable bonds is 5. The van der Waals surface area contributed by atoms with E-state index in [1.807, 2.05) is 36.4 Å². The molecule has 4 aromatic rings. The van der Waals surface area contributed by atoms with Gasteiger partial charge in [-0.05, 0) is 47.2 Å². The number of ether oxygens (including phenoxy) is 1. The van der Waals surface area contributed by atoms with Gasteiger partial charge in [-0.1, -0.05) is 30.3 Å². The second kappa shape index (κ2) is 7.93. The number of benzene rings is 3. The maximum atomic E-state index is 13.0. The van der Waals surface area contributed by atoms with Crippen LogP contribution in [-0.2, 0) is 0 Å². The first-order valence-electron chi connectivity index (χ1n) is 8.86. The lowest BCUT2D eigenvalue weighted by atomic mass is 10.0. The smallest absolute Gasteiger partial charge is 0.289 e. The number of hydrogen-bond donors (Lipinski definition) is 2. The average molecular weight is 388 g/mol. The first kappa shape index (κ1) is 18.4. The van der Waals surface area contributed by atoms with Crippen molar-refractivity contribution in [1.29, 1.82) is 0 Å². The highest BCUT2D eigenvalue weighted by atomic mass is 19.1. The van der Waals surface area contributed by atoms with Crippen LogP contribution in [0.4, 0.5) is 4.39 Å². The molecule has 0 spiro atoms. The fourth-order valence-electron chi connectivity index (χ4n) is 3.01. The largest absolute Gasteiger partial charge is 0.496 e.